The first-order valence-electron chi connectivity index (χ1n) is 5.36. The fraction of sp³-hybridized carbons (Fsp3) is 0.154. The zero-order valence-corrected chi connectivity index (χ0v) is 11.6. The molecule has 0 spiro atoms. The van der Waals surface area contributed by atoms with Gasteiger partial charge in [-0.3, -0.25) is 9.59 Å². The number of halogens is 1. The zero-order valence-electron chi connectivity index (χ0n) is 9.98. The minimum absolute atomic E-state index is 0.163. The van der Waals surface area contributed by atoms with Crippen LogP contribution in [-0.2, 0) is 0 Å². The highest BCUT2D eigenvalue weighted by Crippen LogP contribution is 2.16. The molecule has 0 aliphatic heterocycles. The van der Waals surface area contributed by atoms with Crippen LogP contribution in [0.5, 0.6) is 0 Å². The van der Waals surface area contributed by atoms with Gasteiger partial charge in [0.1, 0.15) is 5.69 Å². The van der Waals surface area contributed by atoms with Crippen LogP contribution in [0.15, 0.2) is 34.9 Å². The third-order valence-corrected chi connectivity index (χ3v) is 3.05. The molecular weight excluding hydrogens is 296 g/mol. The normalized spacial score (nSPS) is 10.4. The molecule has 2 rings (SSSR count). The lowest BCUT2D eigenvalue weighted by molar-refractivity contribution is 0.0978. The molecule has 0 unspecified atom stereocenters. The van der Waals surface area contributed by atoms with Crippen LogP contribution in [-0.4, -0.2) is 21.3 Å². The molecule has 0 amide bonds. The Bertz CT molecular complexity index is 583. The second-order valence-electron chi connectivity index (χ2n) is 3.92. The van der Waals surface area contributed by atoms with Crippen LogP contribution in [0.3, 0.4) is 0 Å². The fourth-order valence-electron chi connectivity index (χ4n) is 1.62. The Balaban J connectivity index is 2.53. The minimum atomic E-state index is -0.212. The van der Waals surface area contributed by atoms with Crippen molar-refractivity contribution in [2.45, 2.75) is 13.8 Å². The largest absolute Gasteiger partial charge is 0.294 e. The van der Waals surface area contributed by atoms with Gasteiger partial charge in [-0.25, -0.2) is 4.68 Å². The molecule has 18 heavy (non-hydrogen) atoms. The maximum Gasteiger partial charge on any atom is 0.180 e. The Hall–Kier alpha value is -1.75. The van der Waals surface area contributed by atoms with E-state index in [0.717, 1.165) is 10.2 Å². The summed E-state index contributed by atoms with van der Waals surface area (Å²) in [5, 5.41) is 4.16. The number of nitrogens with zero attached hydrogens (tertiary/aromatic N) is 2. The van der Waals surface area contributed by atoms with Gasteiger partial charge in [0.2, 0.25) is 0 Å². The van der Waals surface area contributed by atoms with Gasteiger partial charge in [0, 0.05) is 17.6 Å². The molecule has 5 heteroatoms. The summed E-state index contributed by atoms with van der Waals surface area (Å²) >= 11 is 3.35. The van der Waals surface area contributed by atoms with Gasteiger partial charge in [-0.05, 0) is 31.2 Å². The Morgan fingerprint density at radius 3 is 2.17 bits per heavy atom. The highest BCUT2D eigenvalue weighted by molar-refractivity contribution is 9.10. The molecule has 0 aliphatic carbocycles. The second kappa shape index (κ2) is 4.86. The molecule has 1 aromatic heterocycles. The zero-order chi connectivity index (χ0) is 13.3. The van der Waals surface area contributed by atoms with Crippen LogP contribution >= 0.6 is 15.9 Å². The van der Waals surface area contributed by atoms with Crippen molar-refractivity contribution in [1.29, 1.82) is 0 Å². The Kier molecular flexibility index (Phi) is 3.43. The molecule has 0 atom stereocenters. The monoisotopic (exact) mass is 306 g/mol. The first kappa shape index (κ1) is 12.7. The van der Waals surface area contributed by atoms with Crippen molar-refractivity contribution in [3.8, 4) is 5.69 Å². The van der Waals surface area contributed by atoms with E-state index < -0.39 is 0 Å². The van der Waals surface area contributed by atoms with Gasteiger partial charge in [0.15, 0.2) is 11.6 Å². The molecule has 0 saturated carbocycles. The predicted octanol–water partition coefficient (Wildman–Crippen LogP) is 3.04. The summed E-state index contributed by atoms with van der Waals surface area (Å²) in [6.45, 7) is 2.83. The Morgan fingerprint density at radius 2 is 1.72 bits per heavy atom. The Labute approximate surface area is 113 Å². The summed E-state index contributed by atoms with van der Waals surface area (Å²) in [4.78, 5) is 22.9. The molecule has 2 aromatic rings. The van der Waals surface area contributed by atoms with E-state index in [2.05, 4.69) is 21.0 Å². The predicted molar refractivity (Wildman–Crippen MR) is 71.3 cm³/mol. The first-order chi connectivity index (χ1) is 8.49. The van der Waals surface area contributed by atoms with Gasteiger partial charge < -0.3 is 0 Å². The lowest BCUT2D eigenvalue weighted by Crippen LogP contribution is -2.02. The molecule has 0 saturated heterocycles. The highest BCUT2D eigenvalue weighted by atomic mass is 79.9. The summed E-state index contributed by atoms with van der Waals surface area (Å²) in [5.74, 6) is -0.375. The van der Waals surface area contributed by atoms with E-state index in [1.54, 1.807) is 10.9 Å². The van der Waals surface area contributed by atoms with E-state index in [-0.39, 0.29) is 17.3 Å². The van der Waals surface area contributed by atoms with Crippen LogP contribution in [0.4, 0.5) is 0 Å². The maximum atomic E-state index is 11.5. The van der Waals surface area contributed by atoms with Crippen LogP contribution in [0.1, 0.15) is 34.7 Å². The van der Waals surface area contributed by atoms with Crippen molar-refractivity contribution >= 4 is 27.5 Å². The molecule has 0 radical (unpaired) electrons. The van der Waals surface area contributed by atoms with E-state index >= 15 is 0 Å². The third kappa shape index (κ3) is 2.41. The van der Waals surface area contributed by atoms with Gasteiger partial charge >= 0.3 is 0 Å². The first-order valence-corrected chi connectivity index (χ1v) is 6.16. The van der Waals surface area contributed by atoms with Crippen LogP contribution in [0, 0.1) is 0 Å². The minimum Gasteiger partial charge on any atom is -0.294 e. The van der Waals surface area contributed by atoms with E-state index in [9.17, 15) is 9.59 Å². The molecule has 92 valence electrons. The Morgan fingerprint density at radius 1 is 1.11 bits per heavy atom. The summed E-state index contributed by atoms with van der Waals surface area (Å²) in [7, 11) is 0. The number of carbonyl (C=O) groups is 2. The third-order valence-electron chi connectivity index (χ3n) is 2.52. The summed E-state index contributed by atoms with van der Waals surface area (Å²) in [6, 6.07) is 7.45. The van der Waals surface area contributed by atoms with Gasteiger partial charge in [-0.2, -0.15) is 5.10 Å². The number of hydrogen-bond acceptors (Lipinski definition) is 3. The van der Waals surface area contributed by atoms with E-state index in [1.165, 1.54) is 13.8 Å². The van der Waals surface area contributed by atoms with Gasteiger partial charge in [-0.15, -0.1) is 0 Å². The molecular formula is C13H11BrN2O2. The number of ketones is 2. The van der Waals surface area contributed by atoms with E-state index in [1.807, 2.05) is 24.3 Å². The molecule has 0 bridgehead atoms. The number of aromatic nitrogens is 2. The van der Waals surface area contributed by atoms with Crippen LogP contribution in [0.2, 0.25) is 0 Å². The van der Waals surface area contributed by atoms with Crippen molar-refractivity contribution in [3.63, 3.8) is 0 Å². The quantitative estimate of drug-likeness (QED) is 0.819. The molecule has 0 aliphatic rings. The number of Topliss-reactive ketones (excluding diaryl/α,β-unsaturated/α-hetero) is 2. The number of benzene rings is 1. The standard InChI is InChI=1S/C13H11BrN2O2/c1-8(17)12-7-16(15-13(12)9(2)18)11-5-3-10(14)4-6-11/h3-7H,1-2H3. The van der Waals surface area contributed by atoms with Crippen LogP contribution in [0.25, 0.3) is 5.69 Å². The number of hydrogen-bond donors (Lipinski definition) is 0. The average Bonchev–Trinajstić information content (AvgIpc) is 2.75. The number of rotatable bonds is 3. The SMILES string of the molecule is CC(=O)c1cn(-c2ccc(Br)cc2)nc1C(C)=O. The topological polar surface area (TPSA) is 52.0 Å². The van der Waals surface area contributed by atoms with Crippen molar-refractivity contribution in [1.82, 2.24) is 9.78 Å². The fourth-order valence-corrected chi connectivity index (χ4v) is 1.88. The number of carbonyl (C=O) groups excluding carboxylic acids is 2. The summed E-state index contributed by atoms with van der Waals surface area (Å²) in [6.07, 6.45) is 1.59. The molecule has 4 nitrogen and oxygen atoms in total. The van der Waals surface area contributed by atoms with Crippen molar-refractivity contribution < 1.29 is 9.59 Å². The second-order valence-corrected chi connectivity index (χ2v) is 4.84. The lowest BCUT2D eigenvalue weighted by Gasteiger charge is -2.00. The smallest absolute Gasteiger partial charge is 0.180 e. The molecule has 1 aromatic carbocycles. The van der Waals surface area contributed by atoms with Crippen molar-refractivity contribution in [2.75, 3.05) is 0 Å². The highest BCUT2D eigenvalue weighted by Gasteiger charge is 2.17. The summed E-state index contributed by atoms with van der Waals surface area (Å²) < 4.78 is 2.50. The van der Waals surface area contributed by atoms with Crippen molar-refractivity contribution in [2.24, 2.45) is 0 Å². The molecule has 1 heterocycles. The average molecular weight is 307 g/mol. The van der Waals surface area contributed by atoms with Gasteiger partial charge in [0.25, 0.3) is 0 Å². The van der Waals surface area contributed by atoms with Crippen molar-refractivity contribution in [3.05, 3.63) is 46.2 Å². The van der Waals surface area contributed by atoms with Gasteiger partial charge in [-0.1, -0.05) is 15.9 Å². The van der Waals surface area contributed by atoms with E-state index in [0.29, 0.717) is 5.56 Å². The molecule has 0 N–H and O–H groups in total. The maximum absolute atomic E-state index is 11.5. The molecule has 0 fully saturated rings. The van der Waals surface area contributed by atoms with Gasteiger partial charge in [0.05, 0.1) is 11.3 Å². The summed E-state index contributed by atoms with van der Waals surface area (Å²) in [5.41, 5.74) is 1.36. The van der Waals surface area contributed by atoms with Crippen LogP contribution < -0.4 is 0 Å². The van der Waals surface area contributed by atoms with E-state index in [4.69, 9.17) is 0 Å². The lowest BCUT2D eigenvalue weighted by atomic mass is 10.1.